The fraction of sp³-hybridized carbons (Fsp3) is 0.407. The third kappa shape index (κ3) is 3.96. The van der Waals surface area contributed by atoms with E-state index in [0.29, 0.717) is 18.5 Å². The van der Waals surface area contributed by atoms with E-state index in [1.165, 1.54) is 4.90 Å². The highest BCUT2D eigenvalue weighted by molar-refractivity contribution is 6.20. The maximum Gasteiger partial charge on any atom is 0.331 e. The molecule has 182 valence electrons. The van der Waals surface area contributed by atoms with Crippen LogP contribution in [0.1, 0.15) is 50.2 Å². The number of barbiturate groups is 1. The first-order valence-corrected chi connectivity index (χ1v) is 12.3. The molecule has 2 aromatic rings. The molecule has 35 heavy (non-hydrogen) atoms. The van der Waals surface area contributed by atoms with Gasteiger partial charge in [-0.25, -0.2) is 4.79 Å². The number of hydrogen-bond donors (Lipinski definition) is 2. The molecule has 2 saturated heterocycles. The van der Waals surface area contributed by atoms with Crippen molar-refractivity contribution in [3.05, 3.63) is 59.7 Å². The zero-order chi connectivity index (χ0) is 24.6. The van der Waals surface area contributed by atoms with Gasteiger partial charge < -0.3 is 10.2 Å². The van der Waals surface area contributed by atoms with E-state index in [-0.39, 0.29) is 24.9 Å². The van der Waals surface area contributed by atoms with Crippen LogP contribution in [0.25, 0.3) is 0 Å². The third-order valence-electron chi connectivity index (χ3n) is 7.47. The van der Waals surface area contributed by atoms with Gasteiger partial charge in [-0.1, -0.05) is 50.1 Å². The van der Waals surface area contributed by atoms with Crippen molar-refractivity contribution < 1.29 is 19.2 Å². The van der Waals surface area contributed by atoms with E-state index in [1.807, 2.05) is 48.5 Å². The number of carbonyl (C=O) groups excluding carboxylic acids is 4. The zero-order valence-corrected chi connectivity index (χ0v) is 19.9. The van der Waals surface area contributed by atoms with E-state index in [9.17, 15) is 19.2 Å². The molecule has 8 nitrogen and oxygen atoms in total. The molecule has 2 aromatic carbocycles. The summed E-state index contributed by atoms with van der Waals surface area (Å²) in [4.78, 5) is 56.0. The minimum Gasteiger partial charge on any atom is -0.367 e. The van der Waals surface area contributed by atoms with E-state index in [1.54, 1.807) is 6.92 Å². The molecule has 5 amide bonds. The van der Waals surface area contributed by atoms with Crippen molar-refractivity contribution in [3.8, 4) is 0 Å². The van der Waals surface area contributed by atoms with Crippen LogP contribution in [0.4, 0.5) is 16.2 Å². The number of anilines is 2. The van der Waals surface area contributed by atoms with E-state index in [0.717, 1.165) is 42.6 Å². The van der Waals surface area contributed by atoms with Gasteiger partial charge in [0, 0.05) is 24.3 Å². The quantitative estimate of drug-likeness (QED) is 0.660. The smallest absolute Gasteiger partial charge is 0.331 e. The largest absolute Gasteiger partial charge is 0.367 e. The van der Waals surface area contributed by atoms with Crippen molar-refractivity contribution in [1.29, 1.82) is 0 Å². The number of nitrogens with zero attached hydrogens (tertiary/aromatic N) is 2. The first-order chi connectivity index (χ1) is 16.9. The van der Waals surface area contributed by atoms with Gasteiger partial charge in [-0.05, 0) is 48.6 Å². The highest BCUT2D eigenvalue weighted by atomic mass is 16.2. The molecule has 0 saturated carbocycles. The van der Waals surface area contributed by atoms with Gasteiger partial charge in [-0.3, -0.25) is 24.6 Å². The minimum atomic E-state index is -1.41. The third-order valence-corrected chi connectivity index (χ3v) is 7.47. The van der Waals surface area contributed by atoms with Crippen molar-refractivity contribution in [1.82, 2.24) is 10.2 Å². The molecular formula is C27H30N4O4. The zero-order valence-electron chi connectivity index (χ0n) is 19.9. The van der Waals surface area contributed by atoms with Crippen LogP contribution in [0, 0.1) is 5.41 Å². The second-order valence-electron chi connectivity index (χ2n) is 9.59. The van der Waals surface area contributed by atoms with Gasteiger partial charge in [0.05, 0.1) is 12.6 Å². The van der Waals surface area contributed by atoms with E-state index in [4.69, 9.17) is 0 Å². The molecular weight excluding hydrogens is 444 g/mol. The van der Waals surface area contributed by atoms with Crippen LogP contribution in [0.3, 0.4) is 0 Å². The molecule has 2 atom stereocenters. The summed E-state index contributed by atoms with van der Waals surface area (Å²) in [5.41, 5.74) is 1.87. The Morgan fingerprint density at radius 2 is 1.89 bits per heavy atom. The van der Waals surface area contributed by atoms with Gasteiger partial charge in [0.25, 0.3) is 0 Å². The molecule has 3 aliphatic rings. The summed E-state index contributed by atoms with van der Waals surface area (Å²) in [7, 11) is 0. The van der Waals surface area contributed by atoms with E-state index < -0.39 is 23.3 Å². The molecule has 0 unspecified atom stereocenters. The van der Waals surface area contributed by atoms with Crippen molar-refractivity contribution in [2.24, 2.45) is 5.41 Å². The molecule has 0 aliphatic carbocycles. The van der Waals surface area contributed by atoms with Crippen LogP contribution in [0.2, 0.25) is 0 Å². The Kier molecular flexibility index (Phi) is 6.05. The van der Waals surface area contributed by atoms with Gasteiger partial charge >= 0.3 is 6.03 Å². The van der Waals surface area contributed by atoms with Crippen LogP contribution in [0.15, 0.2) is 48.5 Å². The molecule has 0 radical (unpaired) electrons. The average molecular weight is 475 g/mol. The van der Waals surface area contributed by atoms with Crippen molar-refractivity contribution >= 4 is 35.1 Å². The lowest BCUT2D eigenvalue weighted by molar-refractivity contribution is -0.154. The first-order valence-electron chi connectivity index (χ1n) is 12.3. The fourth-order valence-electron chi connectivity index (χ4n) is 5.73. The Morgan fingerprint density at radius 1 is 1.09 bits per heavy atom. The Hall–Kier alpha value is -3.68. The SMILES string of the molecule is CCC(=O)Nc1ccc2c(c1)C[C@]1(C(=O)NC(=O)N(Cc3ccccc3)C1=O)[C@@H]1CCCCCN21. The maximum absolute atomic E-state index is 14.2. The average Bonchev–Trinajstić information content (AvgIpc) is 3.12. The lowest BCUT2D eigenvalue weighted by Gasteiger charge is -2.51. The summed E-state index contributed by atoms with van der Waals surface area (Å²) < 4.78 is 0. The number of urea groups is 1. The number of imide groups is 2. The number of fused-ring (bicyclic) bond motifs is 4. The monoisotopic (exact) mass is 474 g/mol. The number of rotatable bonds is 4. The fourth-order valence-corrected chi connectivity index (χ4v) is 5.73. The maximum atomic E-state index is 14.2. The molecule has 5 rings (SSSR count). The van der Waals surface area contributed by atoms with Crippen LogP contribution < -0.4 is 15.5 Å². The van der Waals surface area contributed by atoms with Gasteiger partial charge in [-0.2, -0.15) is 0 Å². The van der Waals surface area contributed by atoms with Crippen molar-refractivity contribution in [2.45, 2.75) is 58.0 Å². The van der Waals surface area contributed by atoms with Gasteiger partial charge in [0.2, 0.25) is 17.7 Å². The number of nitrogens with one attached hydrogen (secondary N) is 2. The van der Waals surface area contributed by atoms with Crippen molar-refractivity contribution in [2.75, 3.05) is 16.8 Å². The number of amides is 5. The minimum absolute atomic E-state index is 0.103. The van der Waals surface area contributed by atoms with Crippen molar-refractivity contribution in [3.63, 3.8) is 0 Å². The second kappa shape index (κ2) is 9.17. The highest BCUT2D eigenvalue weighted by Gasteiger charge is 2.61. The standard InChI is InChI=1S/C27H30N4O4/c1-2-23(32)28-20-12-13-21-19(15-20)16-27(22-11-7-4-8-14-30(21)22)24(33)29-26(35)31(25(27)34)17-18-9-5-3-6-10-18/h3,5-6,9-10,12-13,15,22H,2,4,7-8,11,14,16-17H2,1H3,(H,28,32)(H,29,33,35)/t22-,27+/m0/s1. The van der Waals surface area contributed by atoms with Crippen LogP contribution in [0.5, 0.6) is 0 Å². The predicted molar refractivity (Wildman–Crippen MR) is 132 cm³/mol. The van der Waals surface area contributed by atoms with Crippen LogP contribution >= 0.6 is 0 Å². The highest BCUT2D eigenvalue weighted by Crippen LogP contribution is 2.47. The summed E-state index contributed by atoms with van der Waals surface area (Å²) in [6.45, 7) is 2.62. The van der Waals surface area contributed by atoms with Crippen LogP contribution in [-0.4, -0.2) is 41.2 Å². The Bertz CT molecular complexity index is 1180. The normalized spacial score (nSPS) is 23.9. The second-order valence-corrected chi connectivity index (χ2v) is 9.59. The molecule has 2 fully saturated rings. The lowest BCUT2D eigenvalue weighted by Crippen LogP contribution is -2.71. The number of benzene rings is 2. The first kappa shape index (κ1) is 23.1. The Morgan fingerprint density at radius 3 is 2.66 bits per heavy atom. The van der Waals surface area contributed by atoms with Gasteiger partial charge in [0.1, 0.15) is 0 Å². The Balaban J connectivity index is 1.58. The lowest BCUT2D eigenvalue weighted by atomic mass is 9.67. The summed E-state index contributed by atoms with van der Waals surface area (Å²) in [6, 6.07) is 14.0. The summed E-state index contributed by atoms with van der Waals surface area (Å²) >= 11 is 0. The number of carbonyl (C=O) groups is 4. The summed E-state index contributed by atoms with van der Waals surface area (Å²) in [5.74, 6) is -1.07. The molecule has 1 spiro atoms. The Labute approximate surface area is 204 Å². The van der Waals surface area contributed by atoms with Gasteiger partial charge in [0.15, 0.2) is 5.41 Å². The van der Waals surface area contributed by atoms with Crippen LogP contribution in [-0.2, 0) is 27.3 Å². The predicted octanol–water partition coefficient (Wildman–Crippen LogP) is 3.61. The van der Waals surface area contributed by atoms with Gasteiger partial charge in [-0.15, -0.1) is 0 Å². The molecule has 0 aromatic heterocycles. The molecule has 2 N–H and O–H groups in total. The molecule has 3 heterocycles. The summed E-state index contributed by atoms with van der Waals surface area (Å²) in [5, 5.41) is 5.39. The van der Waals surface area contributed by atoms with E-state index >= 15 is 0 Å². The van der Waals surface area contributed by atoms with E-state index in [2.05, 4.69) is 15.5 Å². The summed E-state index contributed by atoms with van der Waals surface area (Å²) in [6.07, 6.45) is 4.12. The molecule has 8 heteroatoms. The topological polar surface area (TPSA) is 98.8 Å². The molecule has 0 bridgehead atoms. The molecule has 3 aliphatic heterocycles. The number of hydrogen-bond acceptors (Lipinski definition) is 5.